The molecule has 0 spiro atoms. The van der Waals surface area contributed by atoms with Crippen LogP contribution < -0.4 is 0 Å². The molecule has 2 aliphatic rings. The largest absolute Gasteiger partial charge is 0.547 e. The molecule has 2 nitrogen and oxygen atoms in total. The van der Waals surface area contributed by atoms with E-state index in [0.29, 0.717) is 17.8 Å². The van der Waals surface area contributed by atoms with Crippen molar-refractivity contribution in [3.05, 3.63) is 23.0 Å². The minimum absolute atomic E-state index is 0.0457. The lowest BCUT2D eigenvalue weighted by atomic mass is 9.47. The SMILES string of the molecule is CC#C[C@@H]1C(C)=C(O[Si](C)(C)C(C)(C)C)C[C@H]2[C@@H](O[Si](C)(C)C(C)(C)C)C[C@H](C)[C@@H](CC=C(C)C)[C@]12C. The van der Waals surface area contributed by atoms with Crippen LogP contribution in [-0.2, 0) is 8.85 Å². The fraction of sp³-hybridized carbons (Fsp3) is 0.818. The Bertz CT molecular complexity index is 944. The topological polar surface area (TPSA) is 18.5 Å². The third kappa shape index (κ3) is 6.52. The monoisotopic (exact) mass is 544 g/mol. The van der Waals surface area contributed by atoms with E-state index in [1.54, 1.807) is 0 Å². The van der Waals surface area contributed by atoms with E-state index in [-0.39, 0.29) is 27.5 Å². The first kappa shape index (κ1) is 32.4. The smallest absolute Gasteiger partial charge is 0.250 e. The van der Waals surface area contributed by atoms with E-state index in [9.17, 15) is 0 Å². The van der Waals surface area contributed by atoms with Crippen molar-refractivity contribution < 1.29 is 8.85 Å². The number of rotatable bonds is 6. The molecule has 0 aromatic heterocycles. The van der Waals surface area contributed by atoms with Gasteiger partial charge in [-0.2, -0.15) is 0 Å². The van der Waals surface area contributed by atoms with Gasteiger partial charge in [0.25, 0.3) is 0 Å². The molecule has 0 aliphatic heterocycles. The van der Waals surface area contributed by atoms with Crippen molar-refractivity contribution in [1.82, 2.24) is 0 Å². The second kappa shape index (κ2) is 11.0. The Kier molecular flexibility index (Phi) is 9.66. The van der Waals surface area contributed by atoms with Crippen LogP contribution in [0.5, 0.6) is 0 Å². The van der Waals surface area contributed by atoms with Gasteiger partial charge in [-0.3, -0.25) is 0 Å². The Morgan fingerprint density at radius 3 is 2.03 bits per heavy atom. The van der Waals surface area contributed by atoms with Crippen molar-refractivity contribution in [2.45, 2.75) is 145 Å². The molecule has 0 heterocycles. The van der Waals surface area contributed by atoms with Gasteiger partial charge in [0.05, 0.1) is 11.7 Å². The average Bonchev–Trinajstić information content (AvgIpc) is 2.70. The van der Waals surface area contributed by atoms with Crippen LogP contribution in [0.15, 0.2) is 23.0 Å². The molecule has 212 valence electrons. The van der Waals surface area contributed by atoms with Gasteiger partial charge in [0.1, 0.15) is 0 Å². The van der Waals surface area contributed by atoms with E-state index in [0.717, 1.165) is 19.3 Å². The van der Waals surface area contributed by atoms with Gasteiger partial charge in [-0.05, 0) is 106 Å². The van der Waals surface area contributed by atoms with E-state index in [1.165, 1.54) is 16.9 Å². The van der Waals surface area contributed by atoms with Crippen molar-refractivity contribution in [3.63, 3.8) is 0 Å². The molecule has 1 fully saturated rings. The van der Waals surface area contributed by atoms with Gasteiger partial charge in [-0.15, -0.1) is 5.92 Å². The summed E-state index contributed by atoms with van der Waals surface area (Å²) in [6.45, 7) is 37.5. The second-order valence-electron chi connectivity index (χ2n) is 15.7. The standard InChI is InChI=1S/C33H60O2Si2/c1-17-18-27-25(5)29(34-36(13,14)31(6,7)8)22-28-30(35-37(15,16)32(9,10)11)21-24(4)26(33(27,28)12)20-19-23(2)3/h19,24,26-28,30H,20-22H2,1-16H3/t24-,26+,27+,28-,30-,33+/m0/s1. The quantitative estimate of drug-likeness (QED) is 0.188. The van der Waals surface area contributed by atoms with E-state index in [1.807, 2.05) is 6.92 Å². The highest BCUT2D eigenvalue weighted by molar-refractivity contribution is 6.74. The van der Waals surface area contributed by atoms with Crippen LogP contribution in [-0.4, -0.2) is 22.7 Å². The van der Waals surface area contributed by atoms with Crippen LogP contribution in [0, 0.1) is 40.9 Å². The van der Waals surface area contributed by atoms with Crippen molar-refractivity contribution in [1.29, 1.82) is 0 Å². The molecule has 0 N–H and O–H groups in total. The van der Waals surface area contributed by atoms with Crippen molar-refractivity contribution in [2.75, 3.05) is 0 Å². The van der Waals surface area contributed by atoms with E-state index in [2.05, 4.69) is 120 Å². The number of allylic oxidation sites excluding steroid dienone is 4. The molecular weight excluding hydrogens is 485 g/mol. The third-order valence-corrected chi connectivity index (χ3v) is 19.6. The Labute approximate surface area is 233 Å². The molecule has 0 bridgehead atoms. The third-order valence-electron chi connectivity index (χ3n) is 10.7. The summed E-state index contributed by atoms with van der Waals surface area (Å²) in [5.41, 5.74) is 2.83. The maximum absolute atomic E-state index is 7.34. The summed E-state index contributed by atoms with van der Waals surface area (Å²) >= 11 is 0. The molecule has 2 rings (SSSR count). The predicted molar refractivity (Wildman–Crippen MR) is 168 cm³/mol. The zero-order valence-corrected chi connectivity index (χ0v) is 29.4. The predicted octanol–water partition coefficient (Wildman–Crippen LogP) is 10.4. The molecule has 0 amide bonds. The van der Waals surface area contributed by atoms with Crippen LogP contribution in [0.3, 0.4) is 0 Å². The highest BCUT2D eigenvalue weighted by Gasteiger charge is 2.59. The Balaban J connectivity index is 2.73. The number of fused-ring (bicyclic) bond motifs is 1. The molecule has 4 heteroatoms. The fourth-order valence-corrected chi connectivity index (χ4v) is 8.81. The molecule has 37 heavy (non-hydrogen) atoms. The van der Waals surface area contributed by atoms with Gasteiger partial charge < -0.3 is 8.85 Å². The summed E-state index contributed by atoms with van der Waals surface area (Å²) in [5, 5.41) is 0.353. The van der Waals surface area contributed by atoms with Crippen LogP contribution in [0.1, 0.15) is 102 Å². The van der Waals surface area contributed by atoms with Gasteiger partial charge in [0.2, 0.25) is 8.32 Å². The molecular formula is C33H60O2Si2. The van der Waals surface area contributed by atoms with Gasteiger partial charge in [0, 0.05) is 12.5 Å². The molecule has 2 aliphatic carbocycles. The van der Waals surface area contributed by atoms with Crippen LogP contribution in [0.4, 0.5) is 0 Å². The second-order valence-corrected chi connectivity index (χ2v) is 25.2. The summed E-state index contributed by atoms with van der Waals surface area (Å²) < 4.78 is 14.5. The normalized spacial score (nSPS) is 31.3. The van der Waals surface area contributed by atoms with Crippen LogP contribution in [0.25, 0.3) is 0 Å². The minimum Gasteiger partial charge on any atom is -0.547 e. The Hall–Kier alpha value is -0.766. The maximum Gasteiger partial charge on any atom is 0.250 e. The lowest BCUT2D eigenvalue weighted by Gasteiger charge is -2.60. The van der Waals surface area contributed by atoms with Crippen molar-refractivity contribution in [3.8, 4) is 11.8 Å². The first-order valence-corrected chi connectivity index (χ1v) is 20.5. The molecule has 1 saturated carbocycles. The van der Waals surface area contributed by atoms with Crippen molar-refractivity contribution >= 4 is 16.6 Å². The molecule has 0 aromatic carbocycles. The van der Waals surface area contributed by atoms with Gasteiger partial charge in [-0.1, -0.05) is 73.0 Å². The summed E-state index contributed by atoms with van der Waals surface area (Å²) in [7, 11) is -3.92. The van der Waals surface area contributed by atoms with E-state index < -0.39 is 16.6 Å². The highest BCUT2D eigenvalue weighted by Crippen LogP contribution is 2.62. The number of hydrogen-bond acceptors (Lipinski definition) is 2. The zero-order chi connectivity index (χ0) is 28.8. The Morgan fingerprint density at radius 1 is 1.03 bits per heavy atom. The van der Waals surface area contributed by atoms with Crippen LogP contribution in [0.2, 0.25) is 36.3 Å². The van der Waals surface area contributed by atoms with Gasteiger partial charge in [0.15, 0.2) is 8.32 Å². The molecule has 6 atom stereocenters. The molecule has 0 radical (unpaired) electrons. The molecule has 0 saturated heterocycles. The number of hydrogen-bond donors (Lipinski definition) is 0. The Morgan fingerprint density at radius 2 is 1.57 bits per heavy atom. The molecule has 0 aromatic rings. The summed E-state index contributed by atoms with van der Waals surface area (Å²) in [6, 6.07) is 0. The summed E-state index contributed by atoms with van der Waals surface area (Å²) in [6.07, 6.45) is 5.95. The highest BCUT2D eigenvalue weighted by atomic mass is 28.4. The molecule has 0 unspecified atom stereocenters. The van der Waals surface area contributed by atoms with Gasteiger partial charge >= 0.3 is 0 Å². The lowest BCUT2D eigenvalue weighted by Crippen LogP contribution is -2.59. The van der Waals surface area contributed by atoms with E-state index in [4.69, 9.17) is 8.85 Å². The van der Waals surface area contributed by atoms with Crippen molar-refractivity contribution in [2.24, 2.45) is 29.1 Å². The first-order valence-electron chi connectivity index (χ1n) is 14.7. The van der Waals surface area contributed by atoms with Crippen LogP contribution >= 0.6 is 0 Å². The first-order chi connectivity index (χ1) is 16.6. The summed E-state index contributed by atoms with van der Waals surface area (Å²) in [4.78, 5) is 0. The average molecular weight is 545 g/mol. The van der Waals surface area contributed by atoms with E-state index >= 15 is 0 Å². The summed E-state index contributed by atoms with van der Waals surface area (Å²) in [5.74, 6) is 10.1. The van der Waals surface area contributed by atoms with Gasteiger partial charge in [-0.25, -0.2) is 0 Å². The zero-order valence-electron chi connectivity index (χ0n) is 27.4. The lowest BCUT2D eigenvalue weighted by molar-refractivity contribution is -0.101. The minimum atomic E-state index is -1.97. The fourth-order valence-electron chi connectivity index (χ4n) is 6.28. The maximum atomic E-state index is 7.34.